The van der Waals surface area contributed by atoms with Crippen LogP contribution in [0.5, 0.6) is 11.5 Å². The molecular formula is C23H28N3O3S+. The molecule has 1 aliphatic carbocycles. The number of ether oxygens (including phenoxy) is 2. The average Bonchev–Trinajstić information content (AvgIpc) is 3.49. The molecule has 1 unspecified atom stereocenters. The molecule has 1 aliphatic heterocycles. The highest BCUT2D eigenvalue weighted by Gasteiger charge is 2.44. The Morgan fingerprint density at radius 3 is 2.67 bits per heavy atom. The minimum Gasteiger partial charge on any atom is -0.493 e. The maximum absolute atomic E-state index is 12.9. The lowest BCUT2D eigenvalue weighted by atomic mass is 9.90. The quantitative estimate of drug-likeness (QED) is 0.711. The number of nitrogens with one attached hydrogen (secondary N) is 2. The van der Waals surface area contributed by atoms with Crippen molar-refractivity contribution >= 4 is 17.2 Å². The molecule has 1 fully saturated rings. The summed E-state index contributed by atoms with van der Waals surface area (Å²) in [5, 5.41) is 14.7. The predicted octanol–water partition coefficient (Wildman–Crippen LogP) is 2.10. The van der Waals surface area contributed by atoms with Crippen LogP contribution < -0.4 is 19.7 Å². The lowest BCUT2D eigenvalue weighted by Crippen LogP contribution is -3.14. The zero-order valence-corrected chi connectivity index (χ0v) is 18.5. The smallest absolute Gasteiger partial charge is 0.276 e. The number of benzene rings is 1. The third-order valence-electron chi connectivity index (χ3n) is 6.32. The van der Waals surface area contributed by atoms with E-state index in [9.17, 15) is 10.1 Å². The molecule has 4 rings (SSSR count). The topological polar surface area (TPSA) is 75.8 Å². The van der Waals surface area contributed by atoms with Gasteiger partial charge in [-0.25, -0.2) is 0 Å². The van der Waals surface area contributed by atoms with Crippen molar-refractivity contribution in [2.75, 3.05) is 27.3 Å². The van der Waals surface area contributed by atoms with Crippen LogP contribution in [-0.4, -0.2) is 38.8 Å². The molecule has 0 spiro atoms. The van der Waals surface area contributed by atoms with Gasteiger partial charge in [-0.3, -0.25) is 4.79 Å². The number of nitriles is 1. The first-order chi connectivity index (χ1) is 14.5. The Balaban J connectivity index is 1.62. The van der Waals surface area contributed by atoms with Crippen LogP contribution in [0.3, 0.4) is 0 Å². The minimum atomic E-state index is -0.765. The zero-order valence-electron chi connectivity index (χ0n) is 17.7. The van der Waals surface area contributed by atoms with Crippen molar-refractivity contribution in [1.29, 1.82) is 5.26 Å². The lowest BCUT2D eigenvalue weighted by molar-refractivity contribution is -0.919. The molecule has 6 nitrogen and oxygen atoms in total. The predicted molar refractivity (Wildman–Crippen MR) is 115 cm³/mol. The first-order valence-electron chi connectivity index (χ1n) is 10.3. The molecule has 1 aromatic carbocycles. The fourth-order valence-corrected chi connectivity index (χ4v) is 5.41. The second-order valence-corrected chi connectivity index (χ2v) is 9.31. The number of thiophene rings is 1. The Labute approximate surface area is 181 Å². The Morgan fingerprint density at radius 1 is 1.33 bits per heavy atom. The minimum absolute atomic E-state index is 0.0496. The molecule has 158 valence electrons. The maximum atomic E-state index is 12.9. The molecule has 0 bridgehead atoms. The largest absolute Gasteiger partial charge is 0.493 e. The van der Waals surface area contributed by atoms with E-state index in [4.69, 9.17) is 9.47 Å². The first kappa shape index (κ1) is 20.7. The summed E-state index contributed by atoms with van der Waals surface area (Å²) >= 11 is 1.70. The molecule has 2 aromatic rings. The SMILES string of the molecule is COc1cc2c(cc1OC)[C@H](c1cccs1)[NH+](CC(=O)N[C@@](C)(C#N)C1CC1)CC2. The molecule has 2 heterocycles. The molecule has 1 saturated carbocycles. The van der Waals surface area contributed by atoms with Gasteiger partial charge in [0, 0.05) is 12.0 Å². The monoisotopic (exact) mass is 426 g/mol. The number of quaternary nitrogens is 1. The molecule has 7 heteroatoms. The second kappa shape index (κ2) is 8.29. The number of rotatable bonds is 7. The van der Waals surface area contributed by atoms with Crippen molar-refractivity contribution in [2.45, 2.75) is 37.8 Å². The van der Waals surface area contributed by atoms with Crippen molar-refractivity contribution in [1.82, 2.24) is 5.32 Å². The molecule has 30 heavy (non-hydrogen) atoms. The molecule has 1 amide bonds. The summed E-state index contributed by atoms with van der Waals surface area (Å²) in [7, 11) is 3.30. The number of hydrogen-bond acceptors (Lipinski definition) is 5. The van der Waals surface area contributed by atoms with Gasteiger partial charge in [0.15, 0.2) is 18.0 Å². The zero-order chi connectivity index (χ0) is 21.3. The van der Waals surface area contributed by atoms with Crippen molar-refractivity contribution < 1.29 is 19.2 Å². The van der Waals surface area contributed by atoms with Crippen molar-refractivity contribution in [3.8, 4) is 17.6 Å². The van der Waals surface area contributed by atoms with Gasteiger partial charge in [-0.15, -0.1) is 11.3 Å². The second-order valence-electron chi connectivity index (χ2n) is 8.33. The maximum Gasteiger partial charge on any atom is 0.276 e. The summed E-state index contributed by atoms with van der Waals surface area (Å²) in [6, 6.07) is 10.7. The summed E-state index contributed by atoms with van der Waals surface area (Å²) in [6.45, 7) is 3.02. The van der Waals surface area contributed by atoms with Crippen LogP contribution in [0.1, 0.15) is 41.8 Å². The fourth-order valence-electron chi connectivity index (χ4n) is 4.50. The highest BCUT2D eigenvalue weighted by Crippen LogP contribution is 2.39. The van der Waals surface area contributed by atoms with E-state index >= 15 is 0 Å². The van der Waals surface area contributed by atoms with E-state index < -0.39 is 5.54 Å². The number of nitrogens with zero attached hydrogens (tertiary/aromatic N) is 1. The number of methoxy groups -OCH3 is 2. The third kappa shape index (κ3) is 3.90. The van der Waals surface area contributed by atoms with Gasteiger partial charge in [-0.2, -0.15) is 5.26 Å². The summed E-state index contributed by atoms with van der Waals surface area (Å²) in [4.78, 5) is 15.3. The summed E-state index contributed by atoms with van der Waals surface area (Å²) in [5.74, 6) is 1.64. The fraction of sp³-hybridized carbons (Fsp3) is 0.478. The van der Waals surface area contributed by atoms with Gasteiger partial charge in [-0.1, -0.05) is 6.07 Å². The molecule has 1 aromatic heterocycles. The van der Waals surface area contributed by atoms with Gasteiger partial charge in [0.1, 0.15) is 11.6 Å². The van der Waals surface area contributed by atoms with E-state index in [2.05, 4.69) is 35.0 Å². The number of amides is 1. The van der Waals surface area contributed by atoms with Crippen LogP contribution in [0.2, 0.25) is 0 Å². The van der Waals surface area contributed by atoms with Gasteiger partial charge < -0.3 is 19.7 Å². The van der Waals surface area contributed by atoms with Crippen molar-refractivity contribution in [3.63, 3.8) is 0 Å². The van der Waals surface area contributed by atoms with Crippen LogP contribution in [0.15, 0.2) is 29.6 Å². The molecule has 0 saturated heterocycles. The van der Waals surface area contributed by atoms with Crippen molar-refractivity contribution in [2.24, 2.45) is 5.92 Å². The Kier molecular flexibility index (Phi) is 5.72. The average molecular weight is 427 g/mol. The van der Waals surface area contributed by atoms with Gasteiger partial charge in [0.25, 0.3) is 5.91 Å². The standard InChI is InChI=1S/C23H27N3O3S/c1-23(14-24,16-6-7-16)25-21(27)13-26-9-8-15-11-18(28-2)19(29-3)12-17(15)22(26)20-5-4-10-30-20/h4-5,10-12,16,22H,6-9,13H2,1-3H3,(H,25,27)/p+1/t22-,23+/m1/s1. The summed E-state index contributed by atoms with van der Waals surface area (Å²) in [5.41, 5.74) is 1.64. The van der Waals surface area contributed by atoms with Crippen molar-refractivity contribution in [3.05, 3.63) is 45.6 Å². The van der Waals surface area contributed by atoms with Crippen LogP contribution in [0.25, 0.3) is 0 Å². The van der Waals surface area contributed by atoms with Crippen LogP contribution in [0, 0.1) is 17.2 Å². The Bertz CT molecular complexity index is 965. The van der Waals surface area contributed by atoms with E-state index in [1.54, 1.807) is 25.6 Å². The lowest BCUT2D eigenvalue weighted by Gasteiger charge is -2.34. The number of carbonyl (C=O) groups is 1. The van der Waals surface area contributed by atoms with E-state index in [1.165, 1.54) is 20.9 Å². The Hall–Kier alpha value is -2.56. The molecule has 0 radical (unpaired) electrons. The summed E-state index contributed by atoms with van der Waals surface area (Å²) in [6.07, 6.45) is 2.87. The number of fused-ring (bicyclic) bond motifs is 1. The van der Waals surface area contributed by atoms with E-state index in [0.717, 1.165) is 31.6 Å². The van der Waals surface area contributed by atoms with Crippen LogP contribution >= 0.6 is 11.3 Å². The first-order valence-corrected chi connectivity index (χ1v) is 11.2. The molecule has 2 N–H and O–H groups in total. The van der Waals surface area contributed by atoms with Gasteiger partial charge in [0.05, 0.1) is 31.7 Å². The van der Waals surface area contributed by atoms with Gasteiger partial charge in [-0.05, 0) is 54.8 Å². The van der Waals surface area contributed by atoms with E-state index in [1.807, 2.05) is 13.0 Å². The van der Waals surface area contributed by atoms with Gasteiger partial charge >= 0.3 is 0 Å². The highest BCUT2D eigenvalue weighted by atomic mass is 32.1. The summed E-state index contributed by atoms with van der Waals surface area (Å²) < 4.78 is 11.0. The molecule has 3 atom stereocenters. The molecular weight excluding hydrogens is 398 g/mol. The molecule has 2 aliphatic rings. The highest BCUT2D eigenvalue weighted by molar-refractivity contribution is 7.10. The van der Waals surface area contributed by atoms with Gasteiger partial charge in [0.2, 0.25) is 0 Å². The van der Waals surface area contributed by atoms with Crippen LogP contribution in [-0.2, 0) is 11.2 Å². The number of carbonyl (C=O) groups excluding carboxylic acids is 1. The van der Waals surface area contributed by atoms with E-state index in [0.29, 0.717) is 12.3 Å². The third-order valence-corrected chi connectivity index (χ3v) is 7.26. The van der Waals surface area contributed by atoms with Crippen LogP contribution in [0.4, 0.5) is 0 Å². The number of hydrogen-bond donors (Lipinski definition) is 2. The normalized spacial score (nSPS) is 22.3. The van der Waals surface area contributed by atoms with E-state index in [-0.39, 0.29) is 17.9 Å². The Morgan fingerprint density at radius 2 is 2.07 bits per heavy atom.